The summed E-state index contributed by atoms with van der Waals surface area (Å²) in [7, 11) is 0. The van der Waals surface area contributed by atoms with E-state index >= 15 is 0 Å². The van der Waals surface area contributed by atoms with Gasteiger partial charge in [0.2, 0.25) is 0 Å². The third-order valence-corrected chi connectivity index (χ3v) is 5.09. The van der Waals surface area contributed by atoms with E-state index in [2.05, 4.69) is 43.4 Å². The maximum absolute atomic E-state index is 12.3. The third-order valence-electron chi connectivity index (χ3n) is 5.09. The Balaban J connectivity index is 1.63. The van der Waals surface area contributed by atoms with Crippen LogP contribution in [0.2, 0.25) is 0 Å². The minimum absolute atomic E-state index is 0.156. The van der Waals surface area contributed by atoms with Gasteiger partial charge in [-0.05, 0) is 57.1 Å². The molecule has 2 bridgehead atoms. The lowest BCUT2D eigenvalue weighted by molar-refractivity contribution is 0.0186. The van der Waals surface area contributed by atoms with Gasteiger partial charge in [0.15, 0.2) is 0 Å². The number of benzene rings is 1. The number of para-hydroxylation sites is 1. The fourth-order valence-corrected chi connectivity index (χ4v) is 4.01. The van der Waals surface area contributed by atoms with Crippen molar-refractivity contribution in [3.63, 3.8) is 0 Å². The van der Waals surface area contributed by atoms with Crippen molar-refractivity contribution in [3.8, 4) is 0 Å². The number of amides is 1. The summed E-state index contributed by atoms with van der Waals surface area (Å²) < 4.78 is 5.54. The normalized spacial score (nSPS) is 26.1. The molecule has 24 heavy (non-hydrogen) atoms. The summed E-state index contributed by atoms with van der Waals surface area (Å²) in [6.07, 6.45) is 1.94. The Hall–Kier alpha value is -1.71. The second kappa shape index (κ2) is 6.30. The van der Waals surface area contributed by atoms with Gasteiger partial charge in [-0.2, -0.15) is 0 Å². The van der Waals surface area contributed by atoms with E-state index in [4.69, 9.17) is 4.74 Å². The summed E-state index contributed by atoms with van der Waals surface area (Å²) in [5.41, 5.74) is 2.19. The molecule has 3 unspecified atom stereocenters. The second-order valence-electron chi connectivity index (χ2n) is 8.51. The van der Waals surface area contributed by atoms with Crippen LogP contribution >= 0.6 is 0 Å². The Morgan fingerprint density at radius 3 is 2.54 bits per heavy atom. The summed E-state index contributed by atoms with van der Waals surface area (Å²) in [6.45, 7) is 11.0. The van der Waals surface area contributed by atoms with E-state index in [-0.39, 0.29) is 6.09 Å². The monoisotopic (exact) mass is 330 g/mol. The molecule has 1 amide bonds. The van der Waals surface area contributed by atoms with Gasteiger partial charge < -0.3 is 15.0 Å². The molecule has 0 spiro atoms. The van der Waals surface area contributed by atoms with Crippen molar-refractivity contribution >= 4 is 11.8 Å². The number of carbonyl (C=O) groups is 1. The van der Waals surface area contributed by atoms with Gasteiger partial charge in [0.05, 0.1) is 0 Å². The molecule has 2 aliphatic rings. The van der Waals surface area contributed by atoms with E-state index in [1.807, 2.05) is 25.7 Å². The number of fused-ring (bicyclic) bond motifs is 2. The van der Waals surface area contributed by atoms with Gasteiger partial charge in [-0.15, -0.1) is 0 Å². The lowest BCUT2D eigenvalue weighted by atomic mass is 9.98. The van der Waals surface area contributed by atoms with E-state index < -0.39 is 5.60 Å². The molecular weight excluding hydrogens is 300 g/mol. The van der Waals surface area contributed by atoms with Crippen LogP contribution in [0.3, 0.4) is 0 Å². The number of piperidine rings is 1. The predicted octanol–water partition coefficient (Wildman–Crippen LogP) is 4.62. The van der Waals surface area contributed by atoms with Crippen LogP contribution in [0.5, 0.6) is 0 Å². The standard InChI is InChI=1S/C20H30N2O2/c1-13(2)16-8-6-7-9-17(16)21-18-11-15-10-14(18)12-22(15)19(23)24-20(3,4)5/h6-9,13-15,18,21H,10-12H2,1-5H3. The smallest absolute Gasteiger partial charge is 0.410 e. The van der Waals surface area contributed by atoms with E-state index in [9.17, 15) is 4.79 Å². The summed E-state index contributed by atoms with van der Waals surface area (Å²) in [6, 6.07) is 9.34. The lowest BCUT2D eigenvalue weighted by Gasteiger charge is -2.34. The van der Waals surface area contributed by atoms with E-state index in [1.54, 1.807) is 0 Å². The van der Waals surface area contributed by atoms with Gasteiger partial charge in [-0.25, -0.2) is 4.79 Å². The topological polar surface area (TPSA) is 41.6 Å². The van der Waals surface area contributed by atoms with Crippen LogP contribution in [0.25, 0.3) is 0 Å². The van der Waals surface area contributed by atoms with Gasteiger partial charge >= 0.3 is 6.09 Å². The third kappa shape index (κ3) is 3.52. The Kier molecular flexibility index (Phi) is 4.50. The number of nitrogens with one attached hydrogen (secondary N) is 1. The van der Waals surface area contributed by atoms with Gasteiger partial charge in [0.25, 0.3) is 0 Å². The minimum atomic E-state index is -0.424. The highest BCUT2D eigenvalue weighted by Crippen LogP contribution is 2.40. The Labute approximate surface area is 145 Å². The van der Waals surface area contributed by atoms with Crippen LogP contribution in [0.15, 0.2) is 24.3 Å². The fourth-order valence-electron chi connectivity index (χ4n) is 4.01. The molecule has 1 heterocycles. The number of likely N-dealkylation sites (tertiary alicyclic amines) is 1. The molecule has 132 valence electrons. The maximum Gasteiger partial charge on any atom is 0.410 e. The van der Waals surface area contributed by atoms with Gasteiger partial charge in [-0.3, -0.25) is 0 Å². The highest BCUT2D eigenvalue weighted by Gasteiger charge is 2.47. The van der Waals surface area contributed by atoms with Crippen LogP contribution in [0, 0.1) is 5.92 Å². The van der Waals surface area contributed by atoms with E-state index in [0.717, 1.165) is 19.4 Å². The van der Waals surface area contributed by atoms with Crippen molar-refractivity contribution in [1.82, 2.24) is 4.90 Å². The molecule has 1 aromatic carbocycles. The number of anilines is 1. The molecule has 4 nitrogen and oxygen atoms in total. The average molecular weight is 330 g/mol. The number of hydrogen-bond acceptors (Lipinski definition) is 3. The van der Waals surface area contributed by atoms with Crippen molar-refractivity contribution in [1.29, 1.82) is 0 Å². The minimum Gasteiger partial charge on any atom is -0.444 e. The second-order valence-corrected chi connectivity index (χ2v) is 8.51. The number of carbonyl (C=O) groups excluding carboxylic acids is 1. The first-order valence-electron chi connectivity index (χ1n) is 9.09. The van der Waals surface area contributed by atoms with Crippen LogP contribution in [0.4, 0.5) is 10.5 Å². The number of rotatable bonds is 3. The molecule has 4 heteroatoms. The van der Waals surface area contributed by atoms with Crippen LogP contribution in [-0.2, 0) is 4.74 Å². The van der Waals surface area contributed by atoms with Crippen LogP contribution in [0.1, 0.15) is 58.9 Å². The molecule has 1 saturated carbocycles. The zero-order chi connectivity index (χ0) is 17.5. The first-order chi connectivity index (χ1) is 11.2. The van der Waals surface area contributed by atoms with Crippen molar-refractivity contribution in [2.45, 2.75) is 71.1 Å². The lowest BCUT2D eigenvalue weighted by Crippen LogP contribution is -2.45. The van der Waals surface area contributed by atoms with Crippen LogP contribution in [-0.4, -0.2) is 35.2 Å². The summed E-state index contributed by atoms with van der Waals surface area (Å²) in [5, 5.41) is 3.75. The summed E-state index contributed by atoms with van der Waals surface area (Å²) in [5.74, 6) is 1.02. The maximum atomic E-state index is 12.3. The number of ether oxygens (including phenoxy) is 1. The molecule has 1 saturated heterocycles. The summed E-state index contributed by atoms with van der Waals surface area (Å²) >= 11 is 0. The quantitative estimate of drug-likeness (QED) is 0.879. The molecule has 2 fully saturated rings. The SMILES string of the molecule is CC(C)c1ccccc1NC1CC2CC1CN2C(=O)OC(C)(C)C. The highest BCUT2D eigenvalue weighted by molar-refractivity contribution is 5.69. The zero-order valence-corrected chi connectivity index (χ0v) is 15.5. The molecule has 0 aromatic heterocycles. The van der Waals surface area contributed by atoms with Crippen molar-refractivity contribution in [2.75, 3.05) is 11.9 Å². The Bertz CT molecular complexity index is 606. The predicted molar refractivity (Wildman–Crippen MR) is 97.4 cm³/mol. The van der Waals surface area contributed by atoms with Crippen molar-refractivity contribution < 1.29 is 9.53 Å². The first-order valence-corrected chi connectivity index (χ1v) is 9.09. The zero-order valence-electron chi connectivity index (χ0n) is 15.5. The summed E-state index contributed by atoms with van der Waals surface area (Å²) in [4.78, 5) is 14.3. The van der Waals surface area contributed by atoms with Gasteiger partial charge in [0.1, 0.15) is 5.60 Å². The van der Waals surface area contributed by atoms with Crippen molar-refractivity contribution in [2.24, 2.45) is 5.92 Å². The molecule has 0 radical (unpaired) electrons. The number of nitrogens with zero attached hydrogens (tertiary/aromatic N) is 1. The Morgan fingerprint density at radius 1 is 1.25 bits per heavy atom. The molecule has 1 aliphatic carbocycles. The molecule has 3 atom stereocenters. The molecule has 1 aliphatic heterocycles. The van der Waals surface area contributed by atoms with Crippen LogP contribution < -0.4 is 5.32 Å². The average Bonchev–Trinajstić information content (AvgIpc) is 3.05. The fraction of sp³-hybridized carbons (Fsp3) is 0.650. The molecule has 1 N–H and O–H groups in total. The van der Waals surface area contributed by atoms with Gasteiger partial charge in [-0.1, -0.05) is 32.0 Å². The van der Waals surface area contributed by atoms with E-state index in [0.29, 0.717) is 23.9 Å². The Morgan fingerprint density at radius 2 is 1.96 bits per heavy atom. The molecule has 1 aromatic rings. The largest absolute Gasteiger partial charge is 0.444 e. The molecular formula is C20H30N2O2. The van der Waals surface area contributed by atoms with Gasteiger partial charge in [0, 0.05) is 24.3 Å². The number of hydrogen-bond donors (Lipinski definition) is 1. The first kappa shape index (κ1) is 17.1. The highest BCUT2D eigenvalue weighted by atomic mass is 16.6. The van der Waals surface area contributed by atoms with E-state index in [1.165, 1.54) is 11.3 Å². The van der Waals surface area contributed by atoms with Crippen molar-refractivity contribution in [3.05, 3.63) is 29.8 Å². The molecule has 3 rings (SSSR count).